The van der Waals surface area contributed by atoms with Gasteiger partial charge in [-0.05, 0) is 31.0 Å². The number of hydrogen-bond donors (Lipinski definition) is 1. The summed E-state index contributed by atoms with van der Waals surface area (Å²) in [4.78, 5) is 13.4. The van der Waals surface area contributed by atoms with Gasteiger partial charge in [0.1, 0.15) is 0 Å². The minimum absolute atomic E-state index is 0.177. The van der Waals surface area contributed by atoms with Crippen LogP contribution in [0.4, 0.5) is 13.2 Å². The summed E-state index contributed by atoms with van der Waals surface area (Å²) in [5, 5.41) is 0. The molecule has 3 nitrogen and oxygen atoms in total. The minimum Gasteiger partial charge on any atom is -0.338 e. The predicted molar refractivity (Wildman–Crippen MR) is 59.4 cm³/mol. The van der Waals surface area contributed by atoms with Gasteiger partial charge in [-0.2, -0.15) is 0 Å². The highest BCUT2D eigenvalue weighted by Crippen LogP contribution is 2.20. The first-order chi connectivity index (χ1) is 8.52. The molecule has 1 aromatic rings. The molecule has 0 saturated carbocycles. The van der Waals surface area contributed by atoms with Crippen LogP contribution in [-0.4, -0.2) is 30.4 Å². The van der Waals surface area contributed by atoms with Crippen molar-refractivity contribution in [2.45, 2.75) is 6.42 Å². The Morgan fingerprint density at radius 2 is 1.94 bits per heavy atom. The fourth-order valence-electron chi connectivity index (χ4n) is 2.07. The van der Waals surface area contributed by atoms with Crippen LogP contribution in [0.25, 0.3) is 0 Å². The van der Waals surface area contributed by atoms with Gasteiger partial charge < -0.3 is 10.6 Å². The molecule has 1 aliphatic heterocycles. The predicted octanol–water partition coefficient (Wildman–Crippen LogP) is 1.52. The number of carbonyl (C=O) groups is 1. The number of amides is 1. The van der Waals surface area contributed by atoms with Crippen LogP contribution in [0.2, 0.25) is 0 Å². The van der Waals surface area contributed by atoms with E-state index in [1.807, 2.05) is 0 Å². The number of benzene rings is 1. The molecule has 0 bridgehead atoms. The topological polar surface area (TPSA) is 46.3 Å². The van der Waals surface area contributed by atoms with E-state index < -0.39 is 23.4 Å². The minimum atomic E-state index is -1.56. The number of halogens is 3. The van der Waals surface area contributed by atoms with E-state index in [2.05, 4.69) is 0 Å². The molecular formula is C12H13F3N2O. The fourth-order valence-corrected chi connectivity index (χ4v) is 2.07. The van der Waals surface area contributed by atoms with Crippen LogP contribution in [0.5, 0.6) is 0 Å². The van der Waals surface area contributed by atoms with E-state index >= 15 is 0 Å². The Bertz CT molecular complexity index is 455. The molecule has 1 saturated heterocycles. The second-order valence-electron chi connectivity index (χ2n) is 4.40. The summed E-state index contributed by atoms with van der Waals surface area (Å²) in [6.07, 6.45) is 0.772. The second kappa shape index (κ2) is 4.97. The molecule has 0 aromatic heterocycles. The number of likely N-dealkylation sites (tertiary alicyclic amines) is 1. The van der Waals surface area contributed by atoms with Crippen molar-refractivity contribution in [3.63, 3.8) is 0 Å². The third-order valence-corrected chi connectivity index (χ3v) is 3.14. The largest absolute Gasteiger partial charge is 0.338 e. The summed E-state index contributed by atoms with van der Waals surface area (Å²) in [5.74, 6) is -4.55. The van der Waals surface area contributed by atoms with Crippen molar-refractivity contribution in [2.24, 2.45) is 11.7 Å². The molecule has 1 amide bonds. The molecule has 0 spiro atoms. The molecule has 1 heterocycles. The Hall–Kier alpha value is -1.56. The van der Waals surface area contributed by atoms with Crippen molar-refractivity contribution in [3.8, 4) is 0 Å². The van der Waals surface area contributed by atoms with Crippen LogP contribution in [0.1, 0.15) is 16.8 Å². The van der Waals surface area contributed by atoms with E-state index in [4.69, 9.17) is 5.73 Å². The molecule has 0 radical (unpaired) electrons. The van der Waals surface area contributed by atoms with Gasteiger partial charge in [-0.3, -0.25) is 4.79 Å². The zero-order valence-corrected chi connectivity index (χ0v) is 9.63. The molecule has 0 unspecified atom stereocenters. The quantitative estimate of drug-likeness (QED) is 0.818. The summed E-state index contributed by atoms with van der Waals surface area (Å²) >= 11 is 0. The maximum absolute atomic E-state index is 13.0. The molecule has 18 heavy (non-hydrogen) atoms. The van der Waals surface area contributed by atoms with Gasteiger partial charge >= 0.3 is 0 Å². The molecule has 1 atom stereocenters. The lowest BCUT2D eigenvalue weighted by atomic mass is 10.1. The maximum Gasteiger partial charge on any atom is 0.254 e. The maximum atomic E-state index is 13.0. The van der Waals surface area contributed by atoms with Crippen molar-refractivity contribution < 1.29 is 18.0 Å². The van der Waals surface area contributed by atoms with E-state index in [-0.39, 0.29) is 11.5 Å². The highest BCUT2D eigenvalue weighted by molar-refractivity contribution is 5.94. The Morgan fingerprint density at radius 1 is 1.33 bits per heavy atom. The summed E-state index contributed by atoms with van der Waals surface area (Å²) in [7, 11) is 0. The Morgan fingerprint density at radius 3 is 2.44 bits per heavy atom. The van der Waals surface area contributed by atoms with Crippen molar-refractivity contribution in [2.75, 3.05) is 19.6 Å². The number of hydrogen-bond acceptors (Lipinski definition) is 2. The Kier molecular flexibility index (Phi) is 3.56. The fraction of sp³-hybridized carbons (Fsp3) is 0.417. The van der Waals surface area contributed by atoms with Crippen molar-refractivity contribution in [3.05, 3.63) is 35.1 Å². The molecule has 1 aliphatic rings. The van der Waals surface area contributed by atoms with E-state index in [0.29, 0.717) is 19.6 Å². The van der Waals surface area contributed by atoms with Crippen LogP contribution in [-0.2, 0) is 0 Å². The van der Waals surface area contributed by atoms with Crippen molar-refractivity contribution in [1.82, 2.24) is 4.90 Å². The monoisotopic (exact) mass is 258 g/mol. The number of nitrogens with zero attached hydrogens (tertiary/aromatic N) is 1. The third kappa shape index (κ3) is 2.33. The smallest absolute Gasteiger partial charge is 0.254 e. The van der Waals surface area contributed by atoms with Gasteiger partial charge in [0.2, 0.25) is 0 Å². The van der Waals surface area contributed by atoms with E-state index in [0.717, 1.165) is 18.6 Å². The second-order valence-corrected chi connectivity index (χ2v) is 4.40. The van der Waals surface area contributed by atoms with Crippen LogP contribution in [0, 0.1) is 23.4 Å². The van der Waals surface area contributed by atoms with Crippen LogP contribution < -0.4 is 5.73 Å². The number of carbonyl (C=O) groups excluding carboxylic acids is 1. The molecule has 1 aromatic carbocycles. The first-order valence-electron chi connectivity index (χ1n) is 5.66. The molecule has 2 N–H and O–H groups in total. The van der Waals surface area contributed by atoms with Crippen molar-refractivity contribution in [1.29, 1.82) is 0 Å². The van der Waals surface area contributed by atoms with E-state index in [1.165, 1.54) is 4.90 Å². The summed E-state index contributed by atoms with van der Waals surface area (Å²) in [5.41, 5.74) is 5.32. The Labute approximate surface area is 102 Å². The van der Waals surface area contributed by atoms with Gasteiger partial charge in [0.05, 0.1) is 0 Å². The van der Waals surface area contributed by atoms with Gasteiger partial charge in [-0.25, -0.2) is 13.2 Å². The number of nitrogens with two attached hydrogens (primary N) is 1. The third-order valence-electron chi connectivity index (χ3n) is 3.14. The molecule has 2 rings (SSSR count). The lowest BCUT2D eigenvalue weighted by molar-refractivity contribution is 0.0786. The van der Waals surface area contributed by atoms with Crippen LogP contribution >= 0.6 is 0 Å². The van der Waals surface area contributed by atoms with E-state index in [1.54, 1.807) is 0 Å². The highest BCUT2D eigenvalue weighted by Gasteiger charge is 2.27. The van der Waals surface area contributed by atoms with Gasteiger partial charge in [0, 0.05) is 18.7 Å². The molecule has 1 fully saturated rings. The van der Waals surface area contributed by atoms with Gasteiger partial charge in [-0.1, -0.05) is 0 Å². The molecule has 0 aliphatic carbocycles. The van der Waals surface area contributed by atoms with Gasteiger partial charge in [-0.15, -0.1) is 0 Å². The molecule has 6 heteroatoms. The van der Waals surface area contributed by atoms with Crippen molar-refractivity contribution >= 4 is 5.91 Å². The Balaban J connectivity index is 2.19. The van der Waals surface area contributed by atoms with Crippen LogP contribution in [0.15, 0.2) is 12.1 Å². The average Bonchev–Trinajstić information content (AvgIpc) is 2.83. The summed E-state index contributed by atoms with van der Waals surface area (Å²) in [6.45, 7) is 1.44. The molecular weight excluding hydrogens is 245 g/mol. The van der Waals surface area contributed by atoms with Crippen LogP contribution in [0.3, 0.4) is 0 Å². The first kappa shape index (κ1) is 12.9. The lowest BCUT2D eigenvalue weighted by Crippen LogP contribution is -2.30. The first-order valence-corrected chi connectivity index (χ1v) is 5.66. The summed E-state index contributed by atoms with van der Waals surface area (Å²) in [6, 6.07) is 1.44. The van der Waals surface area contributed by atoms with Gasteiger partial charge in [0.25, 0.3) is 5.91 Å². The highest BCUT2D eigenvalue weighted by atomic mass is 19.2. The standard InChI is InChI=1S/C12H13F3N2O/c13-9-3-8(4-10(14)11(9)15)12(18)17-2-1-7(5-16)6-17/h3-4,7H,1-2,5-6,16H2/t7-/m0/s1. The molecule has 98 valence electrons. The van der Waals surface area contributed by atoms with E-state index in [9.17, 15) is 18.0 Å². The summed E-state index contributed by atoms with van der Waals surface area (Å²) < 4.78 is 38.8. The zero-order chi connectivity index (χ0) is 13.3. The zero-order valence-electron chi connectivity index (χ0n) is 9.63. The SMILES string of the molecule is NC[C@@H]1CCN(C(=O)c2cc(F)c(F)c(F)c2)C1. The lowest BCUT2D eigenvalue weighted by Gasteiger charge is -2.16. The van der Waals surface area contributed by atoms with Gasteiger partial charge in [0.15, 0.2) is 17.5 Å². The number of rotatable bonds is 2. The normalized spacial score (nSPS) is 19.3. The average molecular weight is 258 g/mol.